The molecule has 0 spiro atoms. The van der Waals surface area contributed by atoms with Crippen LogP contribution in [0.15, 0.2) is 24.3 Å². The van der Waals surface area contributed by atoms with E-state index in [4.69, 9.17) is 5.11 Å². The molecule has 5 heteroatoms. The summed E-state index contributed by atoms with van der Waals surface area (Å²) >= 11 is 0. The van der Waals surface area contributed by atoms with E-state index in [0.717, 1.165) is 0 Å². The molecule has 0 radical (unpaired) electrons. The van der Waals surface area contributed by atoms with E-state index in [2.05, 4.69) is 0 Å². The van der Waals surface area contributed by atoms with Crippen LogP contribution in [0.1, 0.15) is 1.43 Å². The van der Waals surface area contributed by atoms with Crippen LogP contribution in [0, 0.1) is 10.1 Å². The maximum atomic E-state index is 10.0. The van der Waals surface area contributed by atoms with E-state index in [9.17, 15) is 10.1 Å². The first-order chi connectivity index (χ1) is 4.70. The fourth-order valence-electron chi connectivity index (χ4n) is 0.574. The molecule has 0 aromatic heterocycles. The van der Waals surface area contributed by atoms with Gasteiger partial charge < -0.3 is 6.53 Å². The summed E-state index contributed by atoms with van der Waals surface area (Å²) in [5.74, 6) is 0.0330. The van der Waals surface area contributed by atoms with Gasteiger partial charge in [-0.15, -0.1) is 0 Å². The molecule has 4 nitrogen and oxygen atoms in total. The molecule has 0 amide bonds. The van der Waals surface area contributed by atoms with Gasteiger partial charge in [-0.05, 0) is 12.1 Å². The van der Waals surface area contributed by atoms with Crippen LogP contribution in [0.25, 0.3) is 0 Å². The van der Waals surface area contributed by atoms with E-state index in [1.165, 1.54) is 24.3 Å². The van der Waals surface area contributed by atoms with E-state index in [1.807, 2.05) is 0 Å². The molecule has 0 aliphatic rings. The van der Waals surface area contributed by atoms with Gasteiger partial charge in [-0.2, -0.15) is 0 Å². The third kappa shape index (κ3) is 2.62. The van der Waals surface area contributed by atoms with Gasteiger partial charge in [0.25, 0.3) is 5.69 Å². The summed E-state index contributed by atoms with van der Waals surface area (Å²) in [4.78, 5) is 9.52. The molecule has 0 aliphatic carbocycles. The summed E-state index contributed by atoms with van der Waals surface area (Å²) in [6.45, 7) is 0. The summed E-state index contributed by atoms with van der Waals surface area (Å²) in [6, 6.07) is 5.04. The Morgan fingerprint density at radius 3 is 2.18 bits per heavy atom. The average molecular weight is 147 g/mol. The Hall–Kier alpha value is -0.983. The molecule has 54 valence electrons. The largest absolute Gasteiger partial charge is 1.00 e. The molecule has 0 bridgehead atoms. The van der Waals surface area contributed by atoms with Crippen LogP contribution in [0.4, 0.5) is 5.69 Å². The minimum atomic E-state index is -0.514. The first-order valence-corrected chi connectivity index (χ1v) is 2.63. The fraction of sp³-hybridized carbons (Fsp3) is 0. The number of phenolic OH excluding ortho intramolecular Hbond substituents is 1. The zero-order valence-corrected chi connectivity index (χ0v) is 6.02. The van der Waals surface area contributed by atoms with Crippen molar-refractivity contribution < 1.29 is 30.3 Å². The van der Waals surface area contributed by atoms with Gasteiger partial charge in [0.2, 0.25) is 0 Å². The average Bonchev–Trinajstić information content (AvgIpc) is 1.88. The Morgan fingerprint density at radius 2 is 1.82 bits per heavy atom. The molecule has 0 aliphatic heterocycles. The third-order valence-corrected chi connectivity index (χ3v) is 1.06. The van der Waals surface area contributed by atoms with Crippen LogP contribution in [0.5, 0.6) is 5.75 Å². The number of nitro benzene ring substituents is 1. The molecule has 0 saturated heterocycles. The van der Waals surface area contributed by atoms with Crippen molar-refractivity contribution in [3.8, 4) is 5.75 Å². The monoisotopic (exact) mass is 147 g/mol. The predicted octanol–water partition coefficient (Wildman–Crippen LogP) is -1.58. The molecule has 1 rings (SSSR count). The second kappa shape index (κ2) is 4.01. The number of hydrogen-bond donors (Lipinski definition) is 1. The van der Waals surface area contributed by atoms with Crippen molar-refractivity contribution in [2.45, 2.75) is 0 Å². The Morgan fingerprint density at radius 1 is 1.36 bits per heavy atom. The van der Waals surface area contributed by atoms with E-state index in [1.54, 1.807) is 0 Å². The number of benzene rings is 1. The van der Waals surface area contributed by atoms with Crippen LogP contribution < -0.4 is 18.9 Å². The second-order valence-electron chi connectivity index (χ2n) is 1.77. The predicted molar refractivity (Wildman–Crippen MR) is 35.9 cm³/mol. The van der Waals surface area contributed by atoms with Gasteiger partial charge in [0, 0.05) is 12.1 Å². The fourth-order valence-corrected chi connectivity index (χ4v) is 0.574. The minimum Gasteiger partial charge on any atom is -1.00 e. The molecule has 0 fully saturated rings. The SMILES string of the molecule is O=[N+]([O-])c1ccc(O)cc1.[H-].[Li+]. The molecule has 1 aromatic rings. The number of aromatic hydroxyl groups is 1. The van der Waals surface area contributed by atoms with Crippen molar-refractivity contribution >= 4 is 5.69 Å². The Bertz CT molecular complexity index is 251. The van der Waals surface area contributed by atoms with Crippen molar-refractivity contribution in [2.75, 3.05) is 0 Å². The molecular weight excluding hydrogens is 141 g/mol. The topological polar surface area (TPSA) is 63.4 Å². The standard InChI is InChI=1S/C6H5NO3.Li.H/c8-6-3-1-5(2-4-6)7(9)10;;/h1-4,8H;;/q;+1;-1. The Kier molecular flexibility index (Phi) is 3.66. The quantitative estimate of drug-likeness (QED) is 0.296. The summed E-state index contributed by atoms with van der Waals surface area (Å²) < 4.78 is 0. The van der Waals surface area contributed by atoms with Crippen molar-refractivity contribution in [2.24, 2.45) is 0 Å². The molecular formula is C6H6LiNO3. The summed E-state index contributed by atoms with van der Waals surface area (Å²) in [5, 5.41) is 18.8. The zero-order valence-electron chi connectivity index (χ0n) is 7.02. The van der Waals surface area contributed by atoms with Gasteiger partial charge in [0.15, 0.2) is 0 Å². The minimum absolute atomic E-state index is 0. The van der Waals surface area contributed by atoms with Gasteiger partial charge in [-0.1, -0.05) is 0 Å². The van der Waals surface area contributed by atoms with Crippen molar-refractivity contribution in [1.82, 2.24) is 0 Å². The number of hydrogen-bond acceptors (Lipinski definition) is 3. The van der Waals surface area contributed by atoms with Crippen LogP contribution in [0.3, 0.4) is 0 Å². The van der Waals surface area contributed by atoms with Crippen LogP contribution in [-0.2, 0) is 0 Å². The third-order valence-electron chi connectivity index (χ3n) is 1.06. The van der Waals surface area contributed by atoms with Gasteiger partial charge in [-0.3, -0.25) is 10.1 Å². The number of non-ortho nitro benzene ring substituents is 1. The van der Waals surface area contributed by atoms with Crippen LogP contribution in [-0.4, -0.2) is 10.0 Å². The van der Waals surface area contributed by atoms with E-state index in [0.29, 0.717) is 0 Å². The second-order valence-corrected chi connectivity index (χ2v) is 1.77. The maximum Gasteiger partial charge on any atom is 1.00 e. The van der Waals surface area contributed by atoms with Crippen molar-refractivity contribution in [1.29, 1.82) is 0 Å². The smallest absolute Gasteiger partial charge is 1.00 e. The number of nitrogens with zero attached hydrogens (tertiary/aromatic N) is 1. The zero-order chi connectivity index (χ0) is 7.56. The summed E-state index contributed by atoms with van der Waals surface area (Å²) in [5.41, 5.74) is -0.0159. The van der Waals surface area contributed by atoms with E-state index in [-0.39, 0.29) is 31.7 Å². The summed E-state index contributed by atoms with van der Waals surface area (Å²) in [7, 11) is 0. The van der Waals surface area contributed by atoms with Crippen LogP contribution in [0.2, 0.25) is 0 Å². The van der Waals surface area contributed by atoms with Gasteiger partial charge in [-0.25, -0.2) is 0 Å². The van der Waals surface area contributed by atoms with Gasteiger partial charge in [0.05, 0.1) is 4.92 Å². The molecule has 1 aromatic carbocycles. The van der Waals surface area contributed by atoms with Gasteiger partial charge >= 0.3 is 18.9 Å². The Labute approximate surface area is 76.7 Å². The molecule has 1 N–H and O–H groups in total. The summed E-state index contributed by atoms with van der Waals surface area (Å²) in [6.07, 6.45) is 0. The van der Waals surface area contributed by atoms with Crippen LogP contribution >= 0.6 is 0 Å². The van der Waals surface area contributed by atoms with Gasteiger partial charge in [0.1, 0.15) is 5.75 Å². The molecule has 0 atom stereocenters. The Balaban J connectivity index is 0. The number of rotatable bonds is 1. The van der Waals surface area contributed by atoms with E-state index >= 15 is 0 Å². The molecule has 11 heavy (non-hydrogen) atoms. The molecule has 0 saturated carbocycles. The molecule has 0 heterocycles. The van der Waals surface area contributed by atoms with Crippen molar-refractivity contribution in [3.05, 3.63) is 34.4 Å². The first kappa shape index (κ1) is 10.0. The van der Waals surface area contributed by atoms with E-state index < -0.39 is 4.92 Å². The molecule has 0 unspecified atom stereocenters. The normalized spacial score (nSPS) is 8.36. The number of phenols is 1. The first-order valence-electron chi connectivity index (χ1n) is 2.63. The van der Waals surface area contributed by atoms with Crippen molar-refractivity contribution in [3.63, 3.8) is 0 Å². The maximum absolute atomic E-state index is 10.0. The number of nitro groups is 1.